The lowest BCUT2D eigenvalue weighted by Crippen LogP contribution is -1.93. The second-order valence-corrected chi connectivity index (χ2v) is 4.09. The van der Waals surface area contributed by atoms with Crippen LogP contribution in [0.5, 0.6) is 0 Å². The summed E-state index contributed by atoms with van der Waals surface area (Å²) < 4.78 is 18.4. The number of benzene rings is 1. The van der Waals surface area contributed by atoms with Crippen molar-refractivity contribution in [3.8, 4) is 11.3 Å². The summed E-state index contributed by atoms with van der Waals surface area (Å²) in [4.78, 5) is 0. The molecular formula is C13H15FN2O. The topological polar surface area (TPSA) is 52.0 Å². The molecule has 0 bridgehead atoms. The summed E-state index contributed by atoms with van der Waals surface area (Å²) in [6.07, 6.45) is 1.76. The van der Waals surface area contributed by atoms with Gasteiger partial charge in [0.1, 0.15) is 5.82 Å². The maximum atomic E-state index is 13.2. The van der Waals surface area contributed by atoms with Gasteiger partial charge in [0, 0.05) is 11.1 Å². The van der Waals surface area contributed by atoms with Gasteiger partial charge >= 0.3 is 0 Å². The molecule has 2 N–H and O–H groups in total. The monoisotopic (exact) mass is 234 g/mol. The second kappa shape index (κ2) is 4.57. The molecule has 0 spiro atoms. The van der Waals surface area contributed by atoms with Gasteiger partial charge in [0.2, 0.25) is 0 Å². The normalized spacial score (nSPS) is 10.8. The van der Waals surface area contributed by atoms with Crippen LogP contribution in [0, 0.1) is 12.7 Å². The maximum absolute atomic E-state index is 13.2. The first-order valence-electron chi connectivity index (χ1n) is 5.64. The zero-order chi connectivity index (χ0) is 12.4. The van der Waals surface area contributed by atoms with Gasteiger partial charge in [-0.2, -0.15) is 0 Å². The number of nitrogens with zero attached hydrogens (tertiary/aromatic N) is 1. The van der Waals surface area contributed by atoms with E-state index < -0.39 is 0 Å². The van der Waals surface area contributed by atoms with Crippen molar-refractivity contribution in [2.45, 2.75) is 26.7 Å². The Morgan fingerprint density at radius 2 is 2.18 bits per heavy atom. The highest BCUT2D eigenvalue weighted by molar-refractivity contribution is 5.66. The smallest absolute Gasteiger partial charge is 0.172 e. The van der Waals surface area contributed by atoms with E-state index in [0.29, 0.717) is 17.1 Å². The molecule has 17 heavy (non-hydrogen) atoms. The van der Waals surface area contributed by atoms with Crippen molar-refractivity contribution >= 4 is 5.82 Å². The molecule has 0 aliphatic carbocycles. The summed E-state index contributed by atoms with van der Waals surface area (Å²) >= 11 is 0. The predicted molar refractivity (Wildman–Crippen MR) is 65.0 cm³/mol. The van der Waals surface area contributed by atoms with Crippen LogP contribution in [0.15, 0.2) is 22.7 Å². The van der Waals surface area contributed by atoms with Gasteiger partial charge in [0.05, 0.1) is 0 Å². The minimum absolute atomic E-state index is 0.224. The Morgan fingerprint density at radius 1 is 1.41 bits per heavy atom. The summed E-state index contributed by atoms with van der Waals surface area (Å²) in [5, 5.41) is 3.77. The van der Waals surface area contributed by atoms with Gasteiger partial charge in [-0.05, 0) is 37.1 Å². The van der Waals surface area contributed by atoms with E-state index in [9.17, 15) is 4.39 Å². The molecule has 90 valence electrons. The predicted octanol–water partition coefficient (Wildman–Crippen LogP) is 3.32. The summed E-state index contributed by atoms with van der Waals surface area (Å²) in [5.74, 6) is 0.842. The van der Waals surface area contributed by atoms with Crippen LogP contribution >= 0.6 is 0 Å². The van der Waals surface area contributed by atoms with Crippen LogP contribution < -0.4 is 5.73 Å². The van der Waals surface area contributed by atoms with Crippen LogP contribution in [0.4, 0.5) is 10.2 Å². The minimum Gasteiger partial charge on any atom is -0.381 e. The van der Waals surface area contributed by atoms with Crippen molar-refractivity contribution in [1.29, 1.82) is 0 Å². The molecular weight excluding hydrogens is 219 g/mol. The fourth-order valence-corrected chi connectivity index (χ4v) is 1.83. The molecule has 1 heterocycles. The number of halogens is 1. The van der Waals surface area contributed by atoms with Gasteiger partial charge in [-0.15, -0.1) is 0 Å². The van der Waals surface area contributed by atoms with Gasteiger partial charge in [0.25, 0.3) is 0 Å². The Balaban J connectivity index is 2.48. The standard InChI is InChI=1S/C13H15FN2O/c1-3-4-10-12(17-16-13(10)15)9-5-6-11(14)8(2)7-9/h5-7H,3-4H2,1-2H3,(H2,15,16). The first-order valence-corrected chi connectivity index (χ1v) is 5.64. The van der Waals surface area contributed by atoms with Gasteiger partial charge in [-0.1, -0.05) is 18.5 Å². The number of rotatable bonds is 3. The minimum atomic E-state index is -0.224. The number of anilines is 1. The van der Waals surface area contributed by atoms with Crippen molar-refractivity contribution < 1.29 is 8.91 Å². The van der Waals surface area contributed by atoms with Crippen molar-refractivity contribution in [3.63, 3.8) is 0 Å². The molecule has 1 aromatic heterocycles. The Labute approximate surface area is 99.4 Å². The summed E-state index contributed by atoms with van der Waals surface area (Å²) in [7, 11) is 0. The maximum Gasteiger partial charge on any atom is 0.172 e. The molecule has 0 saturated heterocycles. The molecule has 0 unspecified atom stereocenters. The van der Waals surface area contributed by atoms with Crippen molar-refractivity contribution in [2.24, 2.45) is 0 Å². The van der Waals surface area contributed by atoms with E-state index in [1.54, 1.807) is 19.1 Å². The average molecular weight is 234 g/mol. The first kappa shape index (κ1) is 11.6. The van der Waals surface area contributed by atoms with E-state index in [1.807, 2.05) is 0 Å². The van der Waals surface area contributed by atoms with Gasteiger partial charge in [-0.25, -0.2) is 4.39 Å². The molecule has 0 radical (unpaired) electrons. The van der Waals surface area contributed by atoms with E-state index in [0.717, 1.165) is 24.0 Å². The third-order valence-electron chi connectivity index (χ3n) is 2.74. The van der Waals surface area contributed by atoms with E-state index in [1.165, 1.54) is 6.07 Å². The number of aromatic nitrogens is 1. The van der Waals surface area contributed by atoms with Crippen LogP contribution in [0.25, 0.3) is 11.3 Å². The van der Waals surface area contributed by atoms with Gasteiger partial charge in [-0.3, -0.25) is 0 Å². The molecule has 4 heteroatoms. The van der Waals surface area contributed by atoms with Crippen LogP contribution in [0.3, 0.4) is 0 Å². The Kier molecular flexibility index (Phi) is 3.13. The van der Waals surface area contributed by atoms with E-state index in [4.69, 9.17) is 10.3 Å². The molecule has 0 amide bonds. The van der Waals surface area contributed by atoms with Crippen molar-refractivity contribution in [3.05, 3.63) is 35.1 Å². The third-order valence-corrected chi connectivity index (χ3v) is 2.74. The fourth-order valence-electron chi connectivity index (χ4n) is 1.83. The SMILES string of the molecule is CCCc1c(N)noc1-c1ccc(F)c(C)c1. The molecule has 2 aromatic rings. The largest absolute Gasteiger partial charge is 0.381 e. The molecule has 1 aromatic carbocycles. The Morgan fingerprint density at radius 3 is 2.82 bits per heavy atom. The van der Waals surface area contributed by atoms with Crippen molar-refractivity contribution in [1.82, 2.24) is 5.16 Å². The van der Waals surface area contributed by atoms with Crippen molar-refractivity contribution in [2.75, 3.05) is 5.73 Å². The quantitative estimate of drug-likeness (QED) is 0.886. The summed E-state index contributed by atoms with van der Waals surface area (Å²) in [6.45, 7) is 3.78. The molecule has 2 rings (SSSR count). The zero-order valence-corrected chi connectivity index (χ0v) is 9.96. The van der Waals surface area contributed by atoms with E-state index in [2.05, 4.69) is 12.1 Å². The van der Waals surface area contributed by atoms with Gasteiger partial charge < -0.3 is 10.3 Å². The van der Waals surface area contributed by atoms with Crippen LogP contribution in [0.2, 0.25) is 0 Å². The Hall–Kier alpha value is -1.84. The van der Waals surface area contributed by atoms with Gasteiger partial charge in [0.15, 0.2) is 11.6 Å². The molecule has 3 nitrogen and oxygen atoms in total. The van der Waals surface area contributed by atoms with E-state index >= 15 is 0 Å². The van der Waals surface area contributed by atoms with Crippen LogP contribution in [-0.4, -0.2) is 5.16 Å². The van der Waals surface area contributed by atoms with Crippen LogP contribution in [-0.2, 0) is 6.42 Å². The fraction of sp³-hybridized carbons (Fsp3) is 0.308. The number of aryl methyl sites for hydroxylation is 1. The number of nitrogen functional groups attached to an aromatic ring is 1. The molecule has 0 saturated carbocycles. The molecule has 0 atom stereocenters. The molecule has 0 fully saturated rings. The molecule has 0 aliphatic rings. The zero-order valence-electron chi connectivity index (χ0n) is 9.96. The van der Waals surface area contributed by atoms with E-state index in [-0.39, 0.29) is 5.82 Å². The highest BCUT2D eigenvalue weighted by atomic mass is 19.1. The number of hydrogen-bond acceptors (Lipinski definition) is 3. The second-order valence-electron chi connectivity index (χ2n) is 4.09. The first-order chi connectivity index (χ1) is 8.13. The number of nitrogens with two attached hydrogens (primary N) is 1. The lowest BCUT2D eigenvalue weighted by atomic mass is 10.0. The third kappa shape index (κ3) is 2.16. The summed E-state index contributed by atoms with van der Waals surface area (Å²) in [6, 6.07) is 4.86. The average Bonchev–Trinajstić information content (AvgIpc) is 2.66. The lowest BCUT2D eigenvalue weighted by molar-refractivity contribution is 0.435. The summed E-state index contributed by atoms with van der Waals surface area (Å²) in [5.41, 5.74) is 8.05. The molecule has 0 aliphatic heterocycles. The van der Waals surface area contributed by atoms with Crippen LogP contribution in [0.1, 0.15) is 24.5 Å². The highest BCUT2D eigenvalue weighted by Crippen LogP contribution is 2.29. The highest BCUT2D eigenvalue weighted by Gasteiger charge is 2.15. The number of hydrogen-bond donors (Lipinski definition) is 1. The lowest BCUT2D eigenvalue weighted by Gasteiger charge is -2.02. The Bertz CT molecular complexity index is 534.